The predicted octanol–water partition coefficient (Wildman–Crippen LogP) is 1.22. The second-order valence-corrected chi connectivity index (χ2v) is 6.08. The lowest BCUT2D eigenvalue weighted by atomic mass is 9.96. The van der Waals surface area contributed by atoms with Gasteiger partial charge in [0.2, 0.25) is 5.91 Å². The number of ether oxygens (including phenoxy) is 2. The first-order valence-corrected chi connectivity index (χ1v) is 8.50. The van der Waals surface area contributed by atoms with Crippen molar-refractivity contribution < 1.29 is 29.0 Å². The number of carboxylic acid groups (broad SMARTS) is 1. The first kappa shape index (κ1) is 19.9. The Labute approximate surface area is 152 Å². The number of benzene rings is 1. The quantitative estimate of drug-likeness (QED) is 0.672. The van der Waals surface area contributed by atoms with E-state index < -0.39 is 5.97 Å². The van der Waals surface area contributed by atoms with Gasteiger partial charge in [-0.3, -0.25) is 14.4 Å². The number of carbonyl (C=O) groups excluding carboxylic acids is 2. The number of methoxy groups -OCH3 is 1. The van der Waals surface area contributed by atoms with E-state index in [1.165, 1.54) is 0 Å². The molecule has 0 aliphatic carbocycles. The molecule has 2 amide bonds. The standard InChI is InChI=1S/C18H24N2O6/c1-25-10-11-26-12-16(21)19-15-4-2-13(3-5-15)17(22)20-8-6-14(7-9-20)18(23)24/h2-5,14H,6-12H2,1H3,(H,19,21)(H,23,24). The molecule has 0 atom stereocenters. The summed E-state index contributed by atoms with van der Waals surface area (Å²) in [6.07, 6.45) is 0.941. The van der Waals surface area contributed by atoms with Gasteiger partial charge in [0.15, 0.2) is 0 Å². The number of rotatable bonds is 8. The average Bonchev–Trinajstić information content (AvgIpc) is 2.65. The molecule has 0 radical (unpaired) electrons. The topological polar surface area (TPSA) is 105 Å². The Morgan fingerprint density at radius 1 is 1.15 bits per heavy atom. The van der Waals surface area contributed by atoms with Crippen molar-refractivity contribution in [2.45, 2.75) is 12.8 Å². The predicted molar refractivity (Wildman–Crippen MR) is 94.0 cm³/mol. The SMILES string of the molecule is COCCOCC(=O)Nc1ccc(C(=O)N2CCC(C(=O)O)CC2)cc1. The molecule has 8 nitrogen and oxygen atoms in total. The molecule has 1 fully saturated rings. The molecule has 0 unspecified atom stereocenters. The van der Waals surface area contributed by atoms with Gasteiger partial charge in [-0.2, -0.15) is 0 Å². The molecule has 2 rings (SSSR count). The summed E-state index contributed by atoms with van der Waals surface area (Å²) >= 11 is 0. The summed E-state index contributed by atoms with van der Waals surface area (Å²) in [6.45, 7) is 1.58. The first-order valence-electron chi connectivity index (χ1n) is 8.50. The number of hydrogen-bond donors (Lipinski definition) is 2. The van der Waals surface area contributed by atoms with Crippen molar-refractivity contribution in [3.8, 4) is 0 Å². The molecule has 1 saturated heterocycles. The minimum absolute atomic E-state index is 0.0669. The summed E-state index contributed by atoms with van der Waals surface area (Å²) in [7, 11) is 1.56. The van der Waals surface area contributed by atoms with Crippen LogP contribution in [0.1, 0.15) is 23.2 Å². The van der Waals surface area contributed by atoms with Gasteiger partial charge in [-0.15, -0.1) is 0 Å². The number of piperidine rings is 1. The molecular formula is C18H24N2O6. The van der Waals surface area contributed by atoms with Gasteiger partial charge >= 0.3 is 5.97 Å². The van der Waals surface area contributed by atoms with E-state index >= 15 is 0 Å². The first-order chi connectivity index (χ1) is 12.5. The summed E-state index contributed by atoms with van der Waals surface area (Å²) in [5.74, 6) is -1.59. The van der Waals surface area contributed by atoms with Crippen molar-refractivity contribution in [1.29, 1.82) is 0 Å². The van der Waals surface area contributed by atoms with Crippen molar-refractivity contribution >= 4 is 23.5 Å². The van der Waals surface area contributed by atoms with Gasteiger partial charge in [-0.25, -0.2) is 0 Å². The normalized spacial score (nSPS) is 14.9. The number of hydrogen-bond acceptors (Lipinski definition) is 5. The summed E-state index contributed by atoms with van der Waals surface area (Å²) in [5.41, 5.74) is 1.08. The van der Waals surface area contributed by atoms with E-state index in [4.69, 9.17) is 14.6 Å². The van der Waals surface area contributed by atoms with E-state index in [2.05, 4.69) is 5.32 Å². The number of nitrogens with zero attached hydrogens (tertiary/aromatic N) is 1. The molecule has 0 saturated carbocycles. The van der Waals surface area contributed by atoms with E-state index in [-0.39, 0.29) is 24.3 Å². The van der Waals surface area contributed by atoms with Crippen LogP contribution in [-0.2, 0) is 19.1 Å². The van der Waals surface area contributed by atoms with Crippen molar-refractivity contribution in [2.75, 3.05) is 45.3 Å². The highest BCUT2D eigenvalue weighted by Gasteiger charge is 2.27. The van der Waals surface area contributed by atoms with Gasteiger partial charge in [-0.1, -0.05) is 0 Å². The average molecular weight is 364 g/mol. The number of amides is 2. The van der Waals surface area contributed by atoms with Gasteiger partial charge in [0.25, 0.3) is 5.91 Å². The Bertz CT molecular complexity index is 623. The van der Waals surface area contributed by atoms with Gasteiger partial charge in [-0.05, 0) is 37.1 Å². The number of aliphatic carboxylic acids is 1. The van der Waals surface area contributed by atoms with Gasteiger partial charge < -0.3 is 24.8 Å². The maximum Gasteiger partial charge on any atom is 0.306 e. The molecule has 26 heavy (non-hydrogen) atoms. The molecular weight excluding hydrogens is 340 g/mol. The third-order valence-corrected chi connectivity index (χ3v) is 4.21. The number of carboxylic acids is 1. The Hall–Kier alpha value is -2.45. The zero-order valence-corrected chi connectivity index (χ0v) is 14.8. The second kappa shape index (κ2) is 9.88. The summed E-state index contributed by atoms with van der Waals surface area (Å²) < 4.78 is 9.96. The maximum absolute atomic E-state index is 12.5. The summed E-state index contributed by atoms with van der Waals surface area (Å²) in [4.78, 5) is 36.8. The van der Waals surface area contributed by atoms with Gasteiger partial charge in [0.1, 0.15) is 6.61 Å². The lowest BCUT2D eigenvalue weighted by Crippen LogP contribution is -2.40. The van der Waals surface area contributed by atoms with E-state index in [0.717, 1.165) is 0 Å². The number of likely N-dealkylation sites (tertiary alicyclic amines) is 1. The Kier molecular flexibility index (Phi) is 7.55. The fourth-order valence-electron chi connectivity index (χ4n) is 2.71. The van der Waals surface area contributed by atoms with Crippen LogP contribution in [0, 0.1) is 5.92 Å². The molecule has 1 aromatic carbocycles. The van der Waals surface area contributed by atoms with Crippen LogP contribution in [-0.4, -0.2) is 67.8 Å². The van der Waals surface area contributed by atoms with Crippen molar-refractivity contribution in [1.82, 2.24) is 4.90 Å². The van der Waals surface area contributed by atoms with Crippen LogP contribution in [0.4, 0.5) is 5.69 Å². The smallest absolute Gasteiger partial charge is 0.306 e. The zero-order valence-electron chi connectivity index (χ0n) is 14.8. The highest BCUT2D eigenvalue weighted by molar-refractivity contribution is 5.96. The van der Waals surface area contributed by atoms with Crippen LogP contribution in [0.25, 0.3) is 0 Å². The van der Waals surface area contributed by atoms with E-state index in [9.17, 15) is 14.4 Å². The molecule has 1 heterocycles. The monoisotopic (exact) mass is 364 g/mol. The molecule has 1 aliphatic heterocycles. The minimum Gasteiger partial charge on any atom is -0.481 e. The van der Waals surface area contributed by atoms with Crippen LogP contribution >= 0.6 is 0 Å². The second-order valence-electron chi connectivity index (χ2n) is 6.08. The molecule has 8 heteroatoms. The van der Waals surface area contributed by atoms with Gasteiger partial charge in [0, 0.05) is 31.5 Å². The molecule has 142 valence electrons. The van der Waals surface area contributed by atoms with E-state index in [0.29, 0.717) is 50.4 Å². The Balaban J connectivity index is 1.82. The van der Waals surface area contributed by atoms with Crippen LogP contribution in [0.5, 0.6) is 0 Å². The zero-order chi connectivity index (χ0) is 18.9. The van der Waals surface area contributed by atoms with Crippen molar-refractivity contribution in [2.24, 2.45) is 5.92 Å². The van der Waals surface area contributed by atoms with Crippen LogP contribution in [0.2, 0.25) is 0 Å². The fraction of sp³-hybridized carbons (Fsp3) is 0.500. The summed E-state index contributed by atoms with van der Waals surface area (Å²) in [5, 5.41) is 11.7. The van der Waals surface area contributed by atoms with Crippen molar-refractivity contribution in [3.63, 3.8) is 0 Å². The van der Waals surface area contributed by atoms with Crippen LogP contribution in [0.15, 0.2) is 24.3 Å². The lowest BCUT2D eigenvalue weighted by Gasteiger charge is -2.30. The van der Waals surface area contributed by atoms with Crippen LogP contribution < -0.4 is 5.32 Å². The minimum atomic E-state index is -0.802. The third kappa shape index (κ3) is 5.82. The number of carbonyl (C=O) groups is 3. The lowest BCUT2D eigenvalue weighted by molar-refractivity contribution is -0.143. The molecule has 2 N–H and O–H groups in total. The Morgan fingerprint density at radius 2 is 1.81 bits per heavy atom. The number of anilines is 1. The molecule has 0 aromatic heterocycles. The van der Waals surface area contributed by atoms with E-state index in [1.807, 2.05) is 0 Å². The van der Waals surface area contributed by atoms with Crippen LogP contribution in [0.3, 0.4) is 0 Å². The summed E-state index contributed by atoms with van der Waals surface area (Å²) in [6, 6.07) is 6.61. The molecule has 0 bridgehead atoms. The third-order valence-electron chi connectivity index (χ3n) is 4.21. The molecule has 0 spiro atoms. The molecule has 1 aromatic rings. The fourth-order valence-corrected chi connectivity index (χ4v) is 2.71. The highest BCUT2D eigenvalue weighted by Crippen LogP contribution is 2.20. The largest absolute Gasteiger partial charge is 0.481 e. The van der Waals surface area contributed by atoms with Gasteiger partial charge in [0.05, 0.1) is 19.1 Å². The van der Waals surface area contributed by atoms with Crippen molar-refractivity contribution in [3.05, 3.63) is 29.8 Å². The Morgan fingerprint density at radius 3 is 2.38 bits per heavy atom. The number of nitrogens with one attached hydrogen (secondary N) is 1. The molecule has 1 aliphatic rings. The van der Waals surface area contributed by atoms with E-state index in [1.54, 1.807) is 36.3 Å². The highest BCUT2D eigenvalue weighted by atomic mass is 16.5. The maximum atomic E-state index is 12.5.